The van der Waals surface area contributed by atoms with E-state index in [2.05, 4.69) is 15.7 Å². The Balaban J connectivity index is 2.08. The van der Waals surface area contributed by atoms with Crippen molar-refractivity contribution in [2.24, 2.45) is 7.05 Å². The van der Waals surface area contributed by atoms with Crippen LogP contribution in [0.25, 0.3) is 0 Å². The van der Waals surface area contributed by atoms with E-state index in [0.717, 1.165) is 0 Å². The summed E-state index contributed by atoms with van der Waals surface area (Å²) in [6.07, 6.45) is 3.15. The van der Waals surface area contributed by atoms with Crippen molar-refractivity contribution in [1.29, 1.82) is 0 Å². The number of rotatable bonds is 4. The smallest absolute Gasteiger partial charge is 0.339 e. The van der Waals surface area contributed by atoms with E-state index in [1.54, 1.807) is 17.9 Å². The third-order valence-electron chi connectivity index (χ3n) is 2.65. The molecule has 2 rings (SSSR count). The van der Waals surface area contributed by atoms with E-state index in [-0.39, 0.29) is 11.3 Å². The number of aromatic carboxylic acids is 1. The lowest BCUT2D eigenvalue weighted by Gasteiger charge is -2.09. The zero-order valence-electron chi connectivity index (χ0n) is 11.5. The highest BCUT2D eigenvalue weighted by atomic mass is 16.5. The fourth-order valence-electron chi connectivity index (χ4n) is 1.72. The van der Waals surface area contributed by atoms with Gasteiger partial charge in [0.2, 0.25) is 0 Å². The molecule has 2 aromatic rings. The van der Waals surface area contributed by atoms with Crippen LogP contribution in [0.4, 0.5) is 16.2 Å². The van der Waals surface area contributed by atoms with Crippen LogP contribution in [0.5, 0.6) is 5.75 Å². The minimum Gasteiger partial charge on any atom is -0.496 e. The van der Waals surface area contributed by atoms with E-state index in [0.29, 0.717) is 11.4 Å². The average Bonchev–Trinajstić information content (AvgIpc) is 2.83. The molecule has 0 saturated heterocycles. The minimum absolute atomic E-state index is 0.0238. The van der Waals surface area contributed by atoms with Crippen molar-refractivity contribution < 1.29 is 19.4 Å². The number of carboxylic acid groups (broad SMARTS) is 1. The van der Waals surface area contributed by atoms with Gasteiger partial charge in [0.1, 0.15) is 11.3 Å². The number of benzene rings is 1. The first kappa shape index (κ1) is 14.4. The molecule has 0 fully saturated rings. The lowest BCUT2D eigenvalue weighted by Crippen LogP contribution is -2.19. The molecule has 0 bridgehead atoms. The van der Waals surface area contributed by atoms with Crippen molar-refractivity contribution >= 4 is 23.4 Å². The average molecular weight is 290 g/mol. The van der Waals surface area contributed by atoms with E-state index >= 15 is 0 Å². The number of anilines is 2. The van der Waals surface area contributed by atoms with Crippen LogP contribution in [0.3, 0.4) is 0 Å². The Bertz CT molecular complexity index is 681. The topological polar surface area (TPSA) is 105 Å². The van der Waals surface area contributed by atoms with E-state index in [1.165, 1.54) is 31.5 Å². The SMILES string of the molecule is COc1cc(NC(=O)Nc2cnn(C)c2)ccc1C(=O)O. The van der Waals surface area contributed by atoms with Gasteiger partial charge in [0, 0.05) is 25.0 Å². The highest BCUT2D eigenvalue weighted by molar-refractivity contribution is 6.00. The number of carbonyl (C=O) groups is 2. The minimum atomic E-state index is -1.10. The van der Waals surface area contributed by atoms with Gasteiger partial charge in [0.25, 0.3) is 0 Å². The first-order chi connectivity index (χ1) is 9.99. The second-order valence-corrected chi connectivity index (χ2v) is 4.20. The first-order valence-corrected chi connectivity index (χ1v) is 5.97. The van der Waals surface area contributed by atoms with Crippen molar-refractivity contribution in [3.63, 3.8) is 0 Å². The van der Waals surface area contributed by atoms with Gasteiger partial charge in [-0.05, 0) is 12.1 Å². The summed E-state index contributed by atoms with van der Waals surface area (Å²) in [7, 11) is 3.10. The number of nitrogens with zero attached hydrogens (tertiary/aromatic N) is 2. The molecule has 1 heterocycles. The summed E-state index contributed by atoms with van der Waals surface area (Å²) in [4.78, 5) is 22.8. The van der Waals surface area contributed by atoms with E-state index in [4.69, 9.17) is 9.84 Å². The number of amides is 2. The van der Waals surface area contributed by atoms with Crippen LogP contribution in [0.1, 0.15) is 10.4 Å². The fraction of sp³-hybridized carbons (Fsp3) is 0.154. The van der Waals surface area contributed by atoms with Crippen LogP contribution in [0.2, 0.25) is 0 Å². The fourth-order valence-corrected chi connectivity index (χ4v) is 1.72. The van der Waals surface area contributed by atoms with Crippen LogP contribution in [-0.4, -0.2) is 34.0 Å². The molecule has 1 aromatic heterocycles. The molecule has 1 aromatic carbocycles. The van der Waals surface area contributed by atoms with Crippen LogP contribution < -0.4 is 15.4 Å². The first-order valence-electron chi connectivity index (χ1n) is 5.97. The third-order valence-corrected chi connectivity index (χ3v) is 2.65. The summed E-state index contributed by atoms with van der Waals surface area (Å²) in [5.41, 5.74) is 0.984. The molecule has 0 atom stereocenters. The van der Waals surface area contributed by atoms with Crippen molar-refractivity contribution in [3.8, 4) is 5.75 Å². The summed E-state index contributed by atoms with van der Waals surface area (Å²) < 4.78 is 6.54. The summed E-state index contributed by atoms with van der Waals surface area (Å²) >= 11 is 0. The van der Waals surface area contributed by atoms with Crippen LogP contribution in [0.15, 0.2) is 30.6 Å². The Morgan fingerprint density at radius 1 is 1.29 bits per heavy atom. The van der Waals surface area contributed by atoms with Crippen LogP contribution >= 0.6 is 0 Å². The molecule has 0 aliphatic carbocycles. The largest absolute Gasteiger partial charge is 0.496 e. The maximum atomic E-state index is 11.8. The van der Waals surface area contributed by atoms with Crippen LogP contribution in [0, 0.1) is 0 Å². The van der Waals surface area contributed by atoms with E-state index < -0.39 is 12.0 Å². The molecule has 0 spiro atoms. The van der Waals surface area contributed by atoms with Gasteiger partial charge in [-0.25, -0.2) is 9.59 Å². The lowest BCUT2D eigenvalue weighted by molar-refractivity contribution is 0.0693. The molecular weight excluding hydrogens is 276 g/mol. The molecule has 21 heavy (non-hydrogen) atoms. The van der Waals surface area contributed by atoms with Gasteiger partial charge in [-0.3, -0.25) is 4.68 Å². The highest BCUT2D eigenvalue weighted by Crippen LogP contribution is 2.23. The predicted molar refractivity (Wildman–Crippen MR) is 75.8 cm³/mol. The molecule has 3 N–H and O–H groups in total. The van der Waals surface area contributed by atoms with Crippen LogP contribution in [-0.2, 0) is 7.05 Å². The molecule has 0 aliphatic rings. The number of nitrogens with one attached hydrogen (secondary N) is 2. The number of urea groups is 1. The molecule has 110 valence electrons. The van der Waals surface area contributed by atoms with Gasteiger partial charge >= 0.3 is 12.0 Å². The summed E-state index contributed by atoms with van der Waals surface area (Å²) in [6.45, 7) is 0. The van der Waals surface area contributed by atoms with Gasteiger partial charge in [0.15, 0.2) is 0 Å². The van der Waals surface area contributed by atoms with Gasteiger partial charge < -0.3 is 20.5 Å². The highest BCUT2D eigenvalue weighted by Gasteiger charge is 2.12. The van der Waals surface area contributed by atoms with E-state index in [1.807, 2.05) is 0 Å². The number of hydrogen-bond donors (Lipinski definition) is 3. The van der Waals surface area contributed by atoms with Gasteiger partial charge in [0.05, 0.1) is 19.0 Å². The maximum Gasteiger partial charge on any atom is 0.339 e. The van der Waals surface area contributed by atoms with Crippen molar-refractivity contribution in [1.82, 2.24) is 9.78 Å². The summed E-state index contributed by atoms with van der Waals surface area (Å²) in [5.74, 6) is -0.931. The van der Waals surface area contributed by atoms with Gasteiger partial charge in [-0.15, -0.1) is 0 Å². The third kappa shape index (κ3) is 3.50. The number of ether oxygens (including phenoxy) is 1. The number of aromatic nitrogens is 2. The maximum absolute atomic E-state index is 11.8. The normalized spacial score (nSPS) is 10.0. The number of methoxy groups -OCH3 is 1. The van der Waals surface area contributed by atoms with Crippen molar-refractivity contribution in [3.05, 3.63) is 36.2 Å². The Morgan fingerprint density at radius 2 is 2.00 bits per heavy atom. The zero-order valence-corrected chi connectivity index (χ0v) is 11.5. The molecule has 0 aliphatic heterocycles. The Kier molecular flexibility index (Phi) is 4.07. The molecular formula is C13H14N4O4. The quantitative estimate of drug-likeness (QED) is 0.795. The molecule has 0 unspecified atom stereocenters. The van der Waals surface area contributed by atoms with E-state index in [9.17, 15) is 9.59 Å². The standard InChI is InChI=1S/C13H14N4O4/c1-17-7-9(6-14-17)16-13(20)15-8-3-4-10(12(18)19)11(5-8)21-2/h3-7H,1-2H3,(H,18,19)(H2,15,16,20). The monoisotopic (exact) mass is 290 g/mol. The predicted octanol–water partition coefficient (Wildman–Crippen LogP) is 1.77. The molecule has 0 saturated carbocycles. The Morgan fingerprint density at radius 3 is 2.57 bits per heavy atom. The lowest BCUT2D eigenvalue weighted by atomic mass is 10.2. The number of aryl methyl sites for hydroxylation is 1. The molecule has 8 heteroatoms. The summed E-state index contributed by atoms with van der Waals surface area (Å²) in [5, 5.41) is 18.1. The number of carbonyl (C=O) groups excluding carboxylic acids is 1. The van der Waals surface area contributed by atoms with Crippen molar-refractivity contribution in [2.75, 3.05) is 17.7 Å². The second-order valence-electron chi connectivity index (χ2n) is 4.20. The Labute approximate surface area is 120 Å². The zero-order chi connectivity index (χ0) is 15.4. The number of carboxylic acids is 1. The summed E-state index contributed by atoms with van der Waals surface area (Å²) in [6, 6.07) is 3.81. The molecule has 2 amide bonds. The van der Waals surface area contributed by atoms with Crippen molar-refractivity contribution in [2.45, 2.75) is 0 Å². The second kappa shape index (κ2) is 5.95. The molecule has 0 radical (unpaired) electrons. The van der Waals surface area contributed by atoms with Gasteiger partial charge in [-0.2, -0.15) is 5.10 Å². The van der Waals surface area contributed by atoms with Gasteiger partial charge in [-0.1, -0.05) is 0 Å². The molecule has 8 nitrogen and oxygen atoms in total. The Hall–Kier alpha value is -3.03. The number of hydrogen-bond acceptors (Lipinski definition) is 4.